The van der Waals surface area contributed by atoms with Crippen LogP contribution < -0.4 is 26.2 Å². The first kappa shape index (κ1) is 41.2. The van der Waals surface area contributed by atoms with Gasteiger partial charge in [-0.05, 0) is 108 Å². The molecule has 0 amide bonds. The highest BCUT2D eigenvalue weighted by Crippen LogP contribution is 2.56. The number of phenols is 1. The predicted molar refractivity (Wildman–Crippen MR) is 218 cm³/mol. The zero-order valence-electron chi connectivity index (χ0n) is 32.3. The van der Waals surface area contributed by atoms with Crippen molar-refractivity contribution in [3.63, 3.8) is 0 Å². The Hall–Kier alpha value is -4.47. The summed E-state index contributed by atoms with van der Waals surface area (Å²) in [5.41, 5.74) is 3.00. The van der Waals surface area contributed by atoms with Crippen molar-refractivity contribution in [3.05, 3.63) is 66.0 Å². The third kappa shape index (κ3) is 7.40. The molecule has 0 radical (unpaired) electrons. The Morgan fingerprint density at radius 1 is 0.732 bits per heavy atom. The highest BCUT2D eigenvalue weighted by Gasteiger charge is 2.36. The Morgan fingerprint density at radius 2 is 1.38 bits per heavy atom. The molecule has 0 spiro atoms. The standard InChI is InChI=1S/C43H52N2O11/c1-23-18-28-27(8-7-9-44-11-15-56-17-13-47)41(45-10-5-4-6-14-55-16-12-46)35-29(51)19-25(21-48)32-33-26(22-49)20-30(52)36-38(33)39(34(28)37(32)35)40(31(23)24(2)50)43(54-3)42(36)53/h18-20,31,44-49,53H,4-17,21-22H2,1-3H3. The van der Waals surface area contributed by atoms with Crippen LogP contribution in [0, 0.1) is 0 Å². The van der Waals surface area contributed by atoms with E-state index in [0.29, 0.717) is 106 Å². The lowest BCUT2D eigenvalue weighted by molar-refractivity contribution is -0.117. The number of ether oxygens (including phenoxy) is 3. The molecule has 0 aromatic heterocycles. The number of unbranched alkanes of at least 4 members (excludes halogenated alkanes) is 2. The molecule has 56 heavy (non-hydrogen) atoms. The first-order valence-electron chi connectivity index (χ1n) is 19.3. The van der Waals surface area contributed by atoms with Gasteiger partial charge in [-0.2, -0.15) is 0 Å². The van der Waals surface area contributed by atoms with E-state index in [4.69, 9.17) is 24.4 Å². The molecule has 1 aliphatic carbocycles. The van der Waals surface area contributed by atoms with Crippen molar-refractivity contribution in [3.8, 4) is 11.5 Å². The summed E-state index contributed by atoms with van der Waals surface area (Å²) >= 11 is 0. The van der Waals surface area contributed by atoms with Crippen LogP contribution >= 0.6 is 0 Å². The fraction of sp³-hybridized carbons (Fsp3) is 0.465. The third-order valence-electron chi connectivity index (χ3n) is 10.9. The number of rotatable bonds is 22. The lowest BCUT2D eigenvalue weighted by atomic mass is 9.78. The van der Waals surface area contributed by atoms with Gasteiger partial charge in [-0.15, -0.1) is 0 Å². The van der Waals surface area contributed by atoms with E-state index in [1.54, 1.807) is 0 Å². The van der Waals surface area contributed by atoms with E-state index >= 15 is 0 Å². The van der Waals surface area contributed by atoms with Crippen LogP contribution in [0.15, 0.2) is 27.3 Å². The number of aliphatic hydroxyl groups excluding tert-OH is 4. The van der Waals surface area contributed by atoms with E-state index in [1.165, 1.54) is 26.2 Å². The molecule has 0 bridgehead atoms. The van der Waals surface area contributed by atoms with Crippen molar-refractivity contribution in [1.82, 2.24) is 5.32 Å². The Morgan fingerprint density at radius 3 is 2.00 bits per heavy atom. The van der Waals surface area contributed by atoms with Crippen LogP contribution in [0.5, 0.6) is 11.5 Å². The maximum atomic E-state index is 14.5. The number of aliphatic hydroxyl groups is 4. The molecule has 0 saturated heterocycles. The van der Waals surface area contributed by atoms with Gasteiger partial charge < -0.3 is 50.4 Å². The molecule has 5 aromatic carbocycles. The molecule has 6 rings (SSSR count). The molecular formula is C43H52N2O11. The average Bonchev–Trinajstić information content (AvgIpc) is 3.31. The smallest absolute Gasteiger partial charge is 0.190 e. The number of fused-ring (bicyclic) bond motifs is 1. The Balaban J connectivity index is 1.71. The van der Waals surface area contributed by atoms with Gasteiger partial charge in [0.1, 0.15) is 5.78 Å². The first-order chi connectivity index (χ1) is 27.2. The average molecular weight is 773 g/mol. The number of allylic oxidation sites excluding steroid dienone is 1. The number of carbonyl (C=O) groups is 1. The topological polar surface area (TPSA) is 204 Å². The number of benzene rings is 5. The van der Waals surface area contributed by atoms with E-state index in [-0.39, 0.29) is 54.3 Å². The second-order valence-electron chi connectivity index (χ2n) is 14.4. The number of aromatic hydroxyl groups is 1. The second kappa shape index (κ2) is 18.2. The lowest BCUT2D eigenvalue weighted by Crippen LogP contribution is -2.22. The SMILES string of the molecule is COc1c(O)c2c(=O)cc(CO)c3c4c(CO)cc(=O)c5c(NCCCCCOCCO)c(CCCNCCOCCO)c6c(c(c1C(C(C)=O)C(C)=C6)c23)c54. The van der Waals surface area contributed by atoms with Crippen molar-refractivity contribution in [1.29, 1.82) is 0 Å². The minimum absolute atomic E-state index is 0.00954. The number of ketones is 1. The molecule has 0 heterocycles. The second-order valence-corrected chi connectivity index (χ2v) is 14.4. The number of hydrogen-bond donors (Lipinski definition) is 7. The van der Waals surface area contributed by atoms with E-state index in [9.17, 15) is 29.7 Å². The summed E-state index contributed by atoms with van der Waals surface area (Å²) in [6.45, 7) is 5.42. The summed E-state index contributed by atoms with van der Waals surface area (Å²) in [6, 6.07) is 2.69. The van der Waals surface area contributed by atoms with Gasteiger partial charge >= 0.3 is 0 Å². The maximum absolute atomic E-state index is 14.5. The fourth-order valence-electron chi connectivity index (χ4n) is 8.68. The van der Waals surface area contributed by atoms with Gasteiger partial charge in [0, 0.05) is 41.7 Å². The van der Waals surface area contributed by atoms with Gasteiger partial charge in [0.2, 0.25) is 0 Å². The van der Waals surface area contributed by atoms with Crippen molar-refractivity contribution in [2.75, 3.05) is 71.7 Å². The van der Waals surface area contributed by atoms with E-state index < -0.39 is 30.3 Å². The Bertz CT molecular complexity index is 2380. The molecule has 13 nitrogen and oxygen atoms in total. The number of nitrogens with one attached hydrogen (secondary N) is 2. The minimum atomic E-state index is -0.884. The number of hydrogen-bond acceptors (Lipinski definition) is 13. The van der Waals surface area contributed by atoms with E-state index in [0.717, 1.165) is 30.4 Å². The van der Waals surface area contributed by atoms with Crippen LogP contribution in [-0.4, -0.2) is 97.7 Å². The zero-order valence-corrected chi connectivity index (χ0v) is 32.3. The largest absolute Gasteiger partial charge is 0.504 e. The first-order valence-corrected chi connectivity index (χ1v) is 19.3. The molecule has 0 saturated carbocycles. The zero-order chi connectivity index (χ0) is 40.1. The molecule has 13 heteroatoms. The Kier molecular flexibility index (Phi) is 13.4. The van der Waals surface area contributed by atoms with Gasteiger partial charge in [0.15, 0.2) is 22.4 Å². The van der Waals surface area contributed by atoms with E-state index in [2.05, 4.69) is 10.6 Å². The number of methoxy groups -OCH3 is 1. The van der Waals surface area contributed by atoms with Crippen LogP contribution in [0.4, 0.5) is 5.69 Å². The number of anilines is 1. The van der Waals surface area contributed by atoms with Crippen LogP contribution in [0.25, 0.3) is 49.2 Å². The van der Waals surface area contributed by atoms with Crippen LogP contribution in [0.2, 0.25) is 0 Å². The summed E-state index contributed by atoms with van der Waals surface area (Å²) in [4.78, 5) is 42.2. The van der Waals surface area contributed by atoms with Crippen molar-refractivity contribution in [2.24, 2.45) is 0 Å². The fourth-order valence-corrected chi connectivity index (χ4v) is 8.68. The lowest BCUT2D eigenvalue weighted by Gasteiger charge is -2.26. The van der Waals surface area contributed by atoms with Crippen molar-refractivity contribution >= 4 is 60.6 Å². The van der Waals surface area contributed by atoms with Gasteiger partial charge in [0.25, 0.3) is 0 Å². The summed E-state index contributed by atoms with van der Waals surface area (Å²) in [7, 11) is 1.38. The maximum Gasteiger partial charge on any atom is 0.190 e. The molecular weight excluding hydrogens is 720 g/mol. The molecule has 0 fully saturated rings. The monoisotopic (exact) mass is 772 g/mol. The molecule has 5 aromatic rings. The molecule has 0 aliphatic heterocycles. The summed E-state index contributed by atoms with van der Waals surface area (Å²) in [5, 5.41) is 61.8. The molecule has 300 valence electrons. The van der Waals surface area contributed by atoms with E-state index in [1.807, 2.05) is 13.0 Å². The van der Waals surface area contributed by atoms with Crippen LogP contribution in [0.3, 0.4) is 0 Å². The van der Waals surface area contributed by atoms with Crippen molar-refractivity contribution < 1.29 is 44.5 Å². The highest BCUT2D eigenvalue weighted by molar-refractivity contribution is 6.39. The molecule has 7 N–H and O–H groups in total. The van der Waals surface area contributed by atoms with Crippen LogP contribution in [-0.2, 0) is 33.9 Å². The third-order valence-corrected chi connectivity index (χ3v) is 10.9. The van der Waals surface area contributed by atoms with Gasteiger partial charge in [-0.3, -0.25) is 14.4 Å². The highest BCUT2D eigenvalue weighted by atomic mass is 16.5. The number of phenolic OH excluding ortho intramolecular Hbond substituents is 1. The summed E-state index contributed by atoms with van der Waals surface area (Å²) < 4.78 is 16.7. The summed E-state index contributed by atoms with van der Waals surface area (Å²) in [6.07, 6.45) is 5.53. The Labute approximate surface area is 324 Å². The quantitative estimate of drug-likeness (QED) is 0.0304. The normalized spacial score (nSPS) is 14.1. The number of carbonyl (C=O) groups excluding carboxylic acids is 1. The minimum Gasteiger partial charge on any atom is -0.504 e. The van der Waals surface area contributed by atoms with Gasteiger partial charge in [0.05, 0.1) is 70.0 Å². The van der Waals surface area contributed by atoms with Gasteiger partial charge in [-0.1, -0.05) is 11.6 Å². The van der Waals surface area contributed by atoms with Crippen LogP contribution in [0.1, 0.15) is 73.3 Å². The number of Topliss-reactive ketones (excluding diaryl/α,β-unsaturated/α-hetero) is 1. The predicted octanol–water partition coefficient (Wildman–Crippen LogP) is 3.81. The molecule has 1 aliphatic rings. The molecule has 1 unspecified atom stereocenters. The molecule has 1 atom stereocenters. The van der Waals surface area contributed by atoms with Gasteiger partial charge in [-0.25, -0.2) is 0 Å². The van der Waals surface area contributed by atoms with Crippen molar-refractivity contribution in [2.45, 2.75) is 65.1 Å². The summed E-state index contributed by atoms with van der Waals surface area (Å²) in [5.74, 6) is -1.52.